The third-order valence-corrected chi connectivity index (χ3v) is 4.03. The van der Waals surface area contributed by atoms with Gasteiger partial charge in [-0.1, -0.05) is 12.1 Å². The first-order valence-electron chi connectivity index (χ1n) is 7.97. The zero-order valence-electron chi connectivity index (χ0n) is 13.7. The van der Waals surface area contributed by atoms with Crippen LogP contribution in [0.3, 0.4) is 0 Å². The maximum absolute atomic E-state index is 12.1. The van der Waals surface area contributed by atoms with Gasteiger partial charge in [0, 0.05) is 17.3 Å². The summed E-state index contributed by atoms with van der Waals surface area (Å²) in [7, 11) is 0. The molecule has 2 N–H and O–H groups in total. The molecule has 7 heteroatoms. The zero-order valence-corrected chi connectivity index (χ0v) is 13.7. The van der Waals surface area contributed by atoms with Crippen LogP contribution in [0.5, 0.6) is 11.5 Å². The van der Waals surface area contributed by atoms with Gasteiger partial charge in [-0.25, -0.2) is 4.98 Å². The van der Waals surface area contributed by atoms with Gasteiger partial charge in [-0.05, 0) is 25.1 Å². The molecule has 0 aliphatic carbocycles. The lowest BCUT2D eigenvalue weighted by molar-refractivity contribution is -0.143. The quantitative estimate of drug-likeness (QED) is 0.580. The van der Waals surface area contributed by atoms with Crippen LogP contribution in [0.2, 0.25) is 0 Å². The van der Waals surface area contributed by atoms with Crippen LogP contribution in [-0.2, 0) is 16.1 Å². The minimum atomic E-state index is -0.328. The van der Waals surface area contributed by atoms with Crippen LogP contribution in [0.4, 0.5) is 5.69 Å². The molecule has 4 rings (SSSR count). The van der Waals surface area contributed by atoms with Crippen LogP contribution in [0.25, 0.3) is 22.4 Å². The van der Waals surface area contributed by atoms with E-state index >= 15 is 0 Å². The molecule has 128 valence electrons. The molecule has 0 saturated carbocycles. The van der Waals surface area contributed by atoms with Gasteiger partial charge in [0.15, 0.2) is 11.5 Å². The average Bonchev–Trinajstić information content (AvgIpc) is 3.19. The van der Waals surface area contributed by atoms with Crippen molar-refractivity contribution in [1.82, 2.24) is 9.55 Å². The van der Waals surface area contributed by atoms with Crippen LogP contribution < -0.4 is 15.2 Å². The molecule has 2 aromatic carbocycles. The molecular formula is C18H17N3O4. The second-order valence-electron chi connectivity index (χ2n) is 5.61. The Balaban J connectivity index is 1.88. The van der Waals surface area contributed by atoms with E-state index in [2.05, 4.69) is 4.98 Å². The highest BCUT2D eigenvalue weighted by atomic mass is 16.7. The number of para-hydroxylation sites is 2. The van der Waals surface area contributed by atoms with Crippen molar-refractivity contribution in [3.63, 3.8) is 0 Å². The lowest BCUT2D eigenvalue weighted by Gasteiger charge is -2.11. The first kappa shape index (κ1) is 15.3. The number of rotatable bonds is 4. The van der Waals surface area contributed by atoms with Gasteiger partial charge in [-0.3, -0.25) is 4.79 Å². The predicted octanol–water partition coefficient (Wildman–Crippen LogP) is 2.58. The minimum absolute atomic E-state index is 0.0531. The van der Waals surface area contributed by atoms with Crippen molar-refractivity contribution in [3.05, 3.63) is 36.4 Å². The third kappa shape index (κ3) is 2.63. The normalized spacial score (nSPS) is 12.5. The summed E-state index contributed by atoms with van der Waals surface area (Å²) in [5, 5.41) is 0. The number of aromatic nitrogens is 2. The zero-order chi connectivity index (χ0) is 17.4. The molecule has 0 saturated heterocycles. The number of carbonyl (C=O) groups excluding carboxylic acids is 1. The average molecular weight is 339 g/mol. The van der Waals surface area contributed by atoms with E-state index in [0.717, 1.165) is 11.0 Å². The van der Waals surface area contributed by atoms with Crippen LogP contribution in [-0.4, -0.2) is 28.9 Å². The van der Waals surface area contributed by atoms with E-state index in [4.69, 9.17) is 19.9 Å². The standard InChI is InChI=1S/C18H17N3O4/c1-2-23-17(22)9-21-14-6-4-3-5-13(14)20-18(21)11-7-15-16(8-12(11)19)25-10-24-15/h3-8H,2,9-10,19H2,1H3. The smallest absolute Gasteiger partial charge is 0.326 e. The fourth-order valence-electron chi connectivity index (χ4n) is 2.93. The monoisotopic (exact) mass is 339 g/mol. The van der Waals surface area contributed by atoms with Crippen LogP contribution >= 0.6 is 0 Å². The fraction of sp³-hybridized carbons (Fsp3) is 0.222. The summed E-state index contributed by atoms with van der Waals surface area (Å²) < 4.78 is 17.7. The van der Waals surface area contributed by atoms with E-state index in [9.17, 15) is 4.79 Å². The van der Waals surface area contributed by atoms with Crippen molar-refractivity contribution in [2.45, 2.75) is 13.5 Å². The molecule has 0 radical (unpaired) electrons. The molecule has 25 heavy (non-hydrogen) atoms. The number of nitrogens with two attached hydrogens (primary N) is 1. The Hall–Kier alpha value is -3.22. The summed E-state index contributed by atoms with van der Waals surface area (Å²) in [4.78, 5) is 16.7. The topological polar surface area (TPSA) is 88.6 Å². The number of fused-ring (bicyclic) bond motifs is 2. The highest BCUT2D eigenvalue weighted by molar-refractivity contribution is 5.86. The Kier molecular flexibility index (Phi) is 3.68. The van der Waals surface area contributed by atoms with E-state index in [-0.39, 0.29) is 19.3 Å². The summed E-state index contributed by atoms with van der Waals surface area (Å²) in [6.07, 6.45) is 0. The van der Waals surface area contributed by atoms with Crippen LogP contribution in [0, 0.1) is 0 Å². The van der Waals surface area contributed by atoms with Crippen molar-refractivity contribution in [2.75, 3.05) is 19.1 Å². The van der Waals surface area contributed by atoms with Crippen molar-refractivity contribution in [1.29, 1.82) is 0 Å². The van der Waals surface area contributed by atoms with Gasteiger partial charge in [-0.2, -0.15) is 0 Å². The summed E-state index contributed by atoms with van der Waals surface area (Å²) in [6.45, 7) is 2.32. The van der Waals surface area contributed by atoms with Gasteiger partial charge in [0.1, 0.15) is 12.4 Å². The van der Waals surface area contributed by atoms with Gasteiger partial charge in [0.05, 0.1) is 17.6 Å². The fourth-order valence-corrected chi connectivity index (χ4v) is 2.93. The maximum atomic E-state index is 12.1. The molecule has 0 unspecified atom stereocenters. The SMILES string of the molecule is CCOC(=O)Cn1c(-c2cc3c(cc2N)OCO3)nc2ccccc21. The Morgan fingerprint density at radius 2 is 2.04 bits per heavy atom. The molecule has 1 aliphatic rings. The first-order chi connectivity index (χ1) is 12.2. The summed E-state index contributed by atoms with van der Waals surface area (Å²) in [5.74, 6) is 1.48. The van der Waals surface area contributed by atoms with Crippen molar-refractivity contribution in [2.24, 2.45) is 0 Å². The molecule has 1 aliphatic heterocycles. The molecule has 0 spiro atoms. The number of hydrogen-bond donors (Lipinski definition) is 1. The minimum Gasteiger partial charge on any atom is -0.465 e. The van der Waals surface area contributed by atoms with Gasteiger partial charge in [-0.15, -0.1) is 0 Å². The lowest BCUT2D eigenvalue weighted by Crippen LogP contribution is -2.14. The number of esters is 1. The van der Waals surface area contributed by atoms with E-state index in [1.807, 2.05) is 24.3 Å². The Morgan fingerprint density at radius 3 is 2.84 bits per heavy atom. The van der Waals surface area contributed by atoms with Crippen molar-refractivity contribution >= 4 is 22.7 Å². The van der Waals surface area contributed by atoms with E-state index < -0.39 is 0 Å². The second kappa shape index (κ2) is 6.01. The van der Waals surface area contributed by atoms with Crippen molar-refractivity contribution < 1.29 is 19.0 Å². The molecule has 3 aromatic rings. The Bertz CT molecular complexity index is 964. The lowest BCUT2D eigenvalue weighted by atomic mass is 10.1. The molecule has 0 amide bonds. The number of anilines is 1. The molecule has 1 aromatic heterocycles. The number of hydrogen-bond acceptors (Lipinski definition) is 6. The van der Waals surface area contributed by atoms with Crippen LogP contribution in [0.1, 0.15) is 6.92 Å². The first-order valence-corrected chi connectivity index (χ1v) is 7.97. The number of carbonyl (C=O) groups is 1. The number of ether oxygens (including phenoxy) is 3. The molecular weight excluding hydrogens is 322 g/mol. The highest BCUT2D eigenvalue weighted by Crippen LogP contribution is 2.40. The highest BCUT2D eigenvalue weighted by Gasteiger charge is 2.22. The molecule has 7 nitrogen and oxygen atoms in total. The molecule has 0 fully saturated rings. The van der Waals surface area contributed by atoms with Gasteiger partial charge in [0.25, 0.3) is 0 Å². The van der Waals surface area contributed by atoms with E-state index in [1.54, 1.807) is 23.6 Å². The molecule has 0 bridgehead atoms. The van der Waals surface area contributed by atoms with Crippen molar-refractivity contribution in [3.8, 4) is 22.9 Å². The third-order valence-electron chi connectivity index (χ3n) is 4.03. The Labute approximate surface area is 143 Å². The van der Waals surface area contributed by atoms with Gasteiger partial charge < -0.3 is 24.5 Å². The van der Waals surface area contributed by atoms with Gasteiger partial charge >= 0.3 is 5.97 Å². The number of benzene rings is 2. The summed E-state index contributed by atoms with van der Waals surface area (Å²) in [6, 6.07) is 11.1. The predicted molar refractivity (Wildman–Crippen MR) is 92.3 cm³/mol. The number of nitrogen functional groups attached to an aromatic ring is 1. The summed E-state index contributed by atoms with van der Waals surface area (Å²) in [5.41, 5.74) is 9.00. The largest absolute Gasteiger partial charge is 0.465 e. The van der Waals surface area contributed by atoms with Crippen LogP contribution in [0.15, 0.2) is 36.4 Å². The number of nitrogens with zero attached hydrogens (tertiary/aromatic N) is 2. The molecule has 0 atom stereocenters. The van der Waals surface area contributed by atoms with Gasteiger partial charge in [0.2, 0.25) is 6.79 Å². The maximum Gasteiger partial charge on any atom is 0.326 e. The second-order valence-corrected chi connectivity index (χ2v) is 5.61. The van der Waals surface area contributed by atoms with E-state index in [0.29, 0.717) is 35.2 Å². The van der Waals surface area contributed by atoms with E-state index in [1.165, 1.54) is 0 Å². The summed E-state index contributed by atoms with van der Waals surface area (Å²) >= 11 is 0. The Morgan fingerprint density at radius 1 is 1.28 bits per heavy atom. The number of imidazole rings is 1. The molecule has 2 heterocycles.